The first-order chi connectivity index (χ1) is 6.83. The van der Waals surface area contributed by atoms with Crippen molar-refractivity contribution in [3.8, 4) is 0 Å². The smallest absolute Gasteiger partial charge is 0.106 e. The van der Waals surface area contributed by atoms with Crippen molar-refractivity contribution in [2.45, 2.75) is 20.3 Å². The monoisotopic (exact) mass is 193 g/mol. The normalized spacial score (nSPS) is 7.29. The fourth-order valence-electron chi connectivity index (χ4n) is 0.820. The number of anilines is 1. The third-order valence-corrected chi connectivity index (χ3v) is 1.36. The molecule has 78 valence electrons. The molecule has 0 aliphatic carbocycles. The van der Waals surface area contributed by atoms with Gasteiger partial charge >= 0.3 is 0 Å². The molecule has 0 aliphatic rings. The molecule has 14 heavy (non-hydrogen) atoms. The minimum Gasteiger partial charge on any atom is -0.399 e. The molecule has 0 unspecified atom stereocenters. The molecule has 1 aromatic carbocycles. The lowest BCUT2D eigenvalue weighted by atomic mass is 10.1. The number of nitrogen functional groups attached to an aromatic ring is 1. The number of hydrogen-bond acceptors (Lipinski definition) is 2. The average Bonchev–Trinajstić information content (AvgIpc) is 2.28. The molecule has 0 atom stereocenters. The molecule has 0 bridgehead atoms. The second-order valence-corrected chi connectivity index (χ2v) is 2.23. The summed E-state index contributed by atoms with van der Waals surface area (Å²) in [7, 11) is 0. The lowest BCUT2D eigenvalue weighted by molar-refractivity contribution is -0.0979. The Morgan fingerprint density at radius 2 is 1.64 bits per heavy atom. The third-order valence-electron chi connectivity index (χ3n) is 1.36. The zero-order chi connectivity index (χ0) is 11.4. The number of hydrogen-bond donors (Lipinski definition) is 1. The topological polar surface area (TPSA) is 43.1 Å². The van der Waals surface area contributed by atoms with Gasteiger partial charge in [-0.25, -0.2) is 0 Å². The summed E-state index contributed by atoms with van der Waals surface area (Å²) in [6, 6.07) is 7.83. The van der Waals surface area contributed by atoms with Crippen molar-refractivity contribution >= 4 is 12.5 Å². The summed E-state index contributed by atoms with van der Waals surface area (Å²) < 4.78 is 0. The fraction of sp³-hybridized carbons (Fsp3) is 0.250. The predicted octanol–water partition coefficient (Wildman–Crippen LogP) is 2.84. The number of nitrogens with two attached hydrogens (primary N) is 1. The second kappa shape index (κ2) is 11.4. The van der Waals surface area contributed by atoms with Crippen LogP contribution in [-0.2, 0) is 11.2 Å². The van der Waals surface area contributed by atoms with E-state index in [1.807, 2.05) is 51.0 Å². The third kappa shape index (κ3) is 7.10. The Balaban J connectivity index is 0. The molecule has 2 N–H and O–H groups in total. The quantitative estimate of drug-likeness (QED) is 0.579. The van der Waals surface area contributed by atoms with Crippen molar-refractivity contribution in [3.05, 3.63) is 42.5 Å². The Bertz CT molecular complexity index is 229. The Morgan fingerprint density at radius 3 is 2.00 bits per heavy atom. The van der Waals surface area contributed by atoms with E-state index in [4.69, 9.17) is 10.5 Å². The van der Waals surface area contributed by atoms with E-state index in [0.29, 0.717) is 0 Å². The van der Waals surface area contributed by atoms with Gasteiger partial charge in [-0.3, -0.25) is 0 Å². The van der Waals surface area contributed by atoms with Gasteiger partial charge in [0, 0.05) is 5.69 Å². The van der Waals surface area contributed by atoms with E-state index in [1.54, 1.807) is 0 Å². The van der Waals surface area contributed by atoms with Crippen molar-refractivity contribution in [2.24, 2.45) is 0 Å². The van der Waals surface area contributed by atoms with Gasteiger partial charge in [0.15, 0.2) is 0 Å². The maximum absolute atomic E-state index is 8.00. The summed E-state index contributed by atoms with van der Waals surface area (Å²) in [6.07, 6.45) is 2.80. The van der Waals surface area contributed by atoms with Crippen LogP contribution in [0.2, 0.25) is 0 Å². The van der Waals surface area contributed by atoms with Gasteiger partial charge < -0.3 is 10.5 Å². The Morgan fingerprint density at radius 1 is 1.21 bits per heavy atom. The highest BCUT2D eigenvalue weighted by Crippen LogP contribution is 2.05. The number of carbonyl (C=O) groups is 1. The summed E-state index contributed by atoms with van der Waals surface area (Å²) in [4.78, 5) is 8.00. The molecular formula is C12H19NO. The highest BCUT2D eigenvalue weighted by Gasteiger charge is 1.86. The molecule has 2 nitrogen and oxygen atoms in total. The first-order valence-electron chi connectivity index (χ1n) is 4.57. The van der Waals surface area contributed by atoms with E-state index in [2.05, 4.69) is 6.58 Å². The van der Waals surface area contributed by atoms with Gasteiger partial charge in [-0.2, -0.15) is 0 Å². The Labute approximate surface area is 86.4 Å². The summed E-state index contributed by atoms with van der Waals surface area (Å²) in [5, 5.41) is 0. The summed E-state index contributed by atoms with van der Waals surface area (Å²) in [6.45, 7) is 9.65. The van der Waals surface area contributed by atoms with Gasteiger partial charge in [0.25, 0.3) is 0 Å². The molecule has 0 aromatic heterocycles. The summed E-state index contributed by atoms with van der Waals surface area (Å²) in [5.74, 6) is 0. The molecule has 0 radical (unpaired) electrons. The zero-order valence-corrected chi connectivity index (χ0v) is 8.99. The number of benzene rings is 1. The first kappa shape index (κ1) is 14.9. The molecule has 0 aliphatic heterocycles. The fourth-order valence-corrected chi connectivity index (χ4v) is 0.820. The van der Waals surface area contributed by atoms with Crippen LogP contribution in [0.1, 0.15) is 19.4 Å². The van der Waals surface area contributed by atoms with Crippen LogP contribution in [0.15, 0.2) is 36.9 Å². The maximum atomic E-state index is 8.00. The molecule has 0 spiro atoms. The molecule has 1 rings (SSSR count). The SMILES string of the molecule is C=CCc1ccc(N)cc1.C=O.CC. The van der Waals surface area contributed by atoms with Crippen LogP contribution in [0, 0.1) is 0 Å². The van der Waals surface area contributed by atoms with Crippen molar-refractivity contribution in [3.63, 3.8) is 0 Å². The van der Waals surface area contributed by atoms with E-state index in [-0.39, 0.29) is 0 Å². The molecule has 1 aromatic rings. The second-order valence-electron chi connectivity index (χ2n) is 2.23. The van der Waals surface area contributed by atoms with E-state index in [1.165, 1.54) is 5.56 Å². The maximum Gasteiger partial charge on any atom is 0.106 e. The molecule has 0 fully saturated rings. The molecule has 0 heterocycles. The molecular weight excluding hydrogens is 174 g/mol. The highest BCUT2D eigenvalue weighted by atomic mass is 16.1. The minimum absolute atomic E-state index is 0.813. The first-order valence-corrected chi connectivity index (χ1v) is 4.57. The summed E-state index contributed by atoms with van der Waals surface area (Å²) in [5.41, 5.74) is 7.56. The van der Waals surface area contributed by atoms with E-state index in [9.17, 15) is 0 Å². The lowest BCUT2D eigenvalue weighted by Crippen LogP contribution is -1.84. The van der Waals surface area contributed by atoms with Gasteiger partial charge in [-0.1, -0.05) is 32.1 Å². The van der Waals surface area contributed by atoms with Gasteiger partial charge in [0.05, 0.1) is 0 Å². The highest BCUT2D eigenvalue weighted by molar-refractivity contribution is 5.39. The summed E-state index contributed by atoms with van der Waals surface area (Å²) >= 11 is 0. The number of carbonyl (C=O) groups excluding carboxylic acids is 1. The minimum atomic E-state index is 0.813. The van der Waals surface area contributed by atoms with E-state index in [0.717, 1.165) is 12.1 Å². The van der Waals surface area contributed by atoms with Crippen LogP contribution in [0.4, 0.5) is 5.69 Å². The Kier molecular flexibility index (Phi) is 12.2. The van der Waals surface area contributed by atoms with Crippen molar-refractivity contribution in [1.82, 2.24) is 0 Å². The molecule has 0 saturated carbocycles. The number of allylic oxidation sites excluding steroid dienone is 1. The Hall–Kier alpha value is -1.57. The van der Waals surface area contributed by atoms with Crippen molar-refractivity contribution in [1.29, 1.82) is 0 Å². The molecule has 0 amide bonds. The lowest BCUT2D eigenvalue weighted by Gasteiger charge is -1.95. The molecule has 2 heteroatoms. The van der Waals surface area contributed by atoms with Crippen LogP contribution in [0.3, 0.4) is 0 Å². The van der Waals surface area contributed by atoms with Gasteiger partial charge in [0.2, 0.25) is 0 Å². The standard InChI is InChI=1S/C9H11N.C2H6.CH2O/c1-2-3-8-4-6-9(10)7-5-8;2*1-2/h2,4-7H,1,3,10H2;1-2H3;1H2. The zero-order valence-electron chi connectivity index (χ0n) is 8.99. The predicted molar refractivity (Wildman–Crippen MR) is 63.2 cm³/mol. The van der Waals surface area contributed by atoms with Crippen LogP contribution < -0.4 is 5.73 Å². The van der Waals surface area contributed by atoms with Crippen LogP contribution in [-0.4, -0.2) is 6.79 Å². The largest absolute Gasteiger partial charge is 0.399 e. The van der Waals surface area contributed by atoms with Crippen molar-refractivity contribution in [2.75, 3.05) is 5.73 Å². The van der Waals surface area contributed by atoms with Crippen molar-refractivity contribution < 1.29 is 4.79 Å². The van der Waals surface area contributed by atoms with Crippen LogP contribution in [0.25, 0.3) is 0 Å². The van der Waals surface area contributed by atoms with Gasteiger partial charge in [0.1, 0.15) is 6.79 Å². The number of rotatable bonds is 2. The van der Waals surface area contributed by atoms with Crippen LogP contribution in [0.5, 0.6) is 0 Å². The van der Waals surface area contributed by atoms with Gasteiger partial charge in [-0.05, 0) is 24.1 Å². The van der Waals surface area contributed by atoms with E-state index >= 15 is 0 Å². The van der Waals surface area contributed by atoms with Gasteiger partial charge in [-0.15, -0.1) is 6.58 Å². The molecule has 0 saturated heterocycles. The van der Waals surface area contributed by atoms with E-state index < -0.39 is 0 Å². The average molecular weight is 193 g/mol. The van der Waals surface area contributed by atoms with Crippen LogP contribution >= 0.6 is 0 Å².